The molecule has 1 saturated carbocycles. The molecule has 2 aromatic carbocycles. The van der Waals surface area contributed by atoms with E-state index in [1.165, 1.54) is 53.3 Å². The Morgan fingerprint density at radius 3 is 2.30 bits per heavy atom. The molecule has 23 heavy (non-hydrogen) atoms. The van der Waals surface area contributed by atoms with Gasteiger partial charge in [0.05, 0.1) is 11.2 Å². The molecule has 0 atom stereocenters. The highest BCUT2D eigenvalue weighted by Gasteiger charge is 2.20. The summed E-state index contributed by atoms with van der Waals surface area (Å²) < 4.78 is 0. The molecule has 0 amide bonds. The molecular formula is C22H23N. The molecule has 0 spiro atoms. The fourth-order valence-corrected chi connectivity index (χ4v) is 4.05. The summed E-state index contributed by atoms with van der Waals surface area (Å²) in [7, 11) is 0. The minimum atomic E-state index is 0.701. The van der Waals surface area contributed by atoms with Gasteiger partial charge in [0.25, 0.3) is 0 Å². The first kappa shape index (κ1) is 14.4. The molecule has 1 nitrogen and oxygen atoms in total. The number of hydrogen-bond donors (Lipinski definition) is 0. The number of nitrogens with zero attached hydrogens (tertiary/aromatic N) is 1. The van der Waals surface area contributed by atoms with Gasteiger partial charge in [0.2, 0.25) is 0 Å². The fourth-order valence-electron chi connectivity index (χ4n) is 4.05. The molecule has 1 heteroatoms. The van der Waals surface area contributed by atoms with Crippen molar-refractivity contribution in [3.8, 4) is 11.3 Å². The van der Waals surface area contributed by atoms with Crippen LogP contribution in [0.15, 0.2) is 48.5 Å². The van der Waals surface area contributed by atoms with Gasteiger partial charge >= 0.3 is 0 Å². The van der Waals surface area contributed by atoms with Gasteiger partial charge in [0, 0.05) is 10.9 Å². The smallest absolute Gasteiger partial charge is 0.0712 e. The van der Waals surface area contributed by atoms with Crippen molar-refractivity contribution < 1.29 is 0 Å². The third kappa shape index (κ3) is 2.76. The van der Waals surface area contributed by atoms with E-state index in [4.69, 9.17) is 4.98 Å². The Kier molecular flexibility index (Phi) is 3.65. The number of aryl methyl sites for hydroxylation is 2. The average molecular weight is 301 g/mol. The molecule has 1 heterocycles. The highest BCUT2D eigenvalue weighted by molar-refractivity contribution is 5.85. The summed E-state index contributed by atoms with van der Waals surface area (Å²) in [5.74, 6) is 0.701. The van der Waals surface area contributed by atoms with Gasteiger partial charge in [0.15, 0.2) is 0 Å². The van der Waals surface area contributed by atoms with Gasteiger partial charge in [-0.25, -0.2) is 4.98 Å². The minimum Gasteiger partial charge on any atom is -0.248 e. The average Bonchev–Trinajstić information content (AvgIpc) is 3.07. The molecule has 1 aliphatic carbocycles. The summed E-state index contributed by atoms with van der Waals surface area (Å²) in [4.78, 5) is 4.96. The normalized spacial score (nSPS) is 15.4. The highest BCUT2D eigenvalue weighted by Crippen LogP contribution is 2.39. The van der Waals surface area contributed by atoms with Crippen LogP contribution in [0.1, 0.15) is 48.3 Å². The van der Waals surface area contributed by atoms with Crippen LogP contribution in [0.25, 0.3) is 22.2 Å². The molecule has 0 bridgehead atoms. The van der Waals surface area contributed by atoms with Gasteiger partial charge in [-0.05, 0) is 62.4 Å². The zero-order valence-electron chi connectivity index (χ0n) is 14.0. The van der Waals surface area contributed by atoms with E-state index in [0.717, 1.165) is 11.2 Å². The van der Waals surface area contributed by atoms with Crippen molar-refractivity contribution >= 4 is 10.9 Å². The van der Waals surface area contributed by atoms with E-state index in [2.05, 4.69) is 62.4 Å². The van der Waals surface area contributed by atoms with E-state index < -0.39 is 0 Å². The van der Waals surface area contributed by atoms with Crippen molar-refractivity contribution in [2.75, 3.05) is 0 Å². The number of benzene rings is 2. The van der Waals surface area contributed by atoms with E-state index in [1.807, 2.05) is 0 Å². The molecule has 0 radical (unpaired) electrons. The van der Waals surface area contributed by atoms with Crippen molar-refractivity contribution in [2.24, 2.45) is 0 Å². The van der Waals surface area contributed by atoms with Crippen LogP contribution in [0.3, 0.4) is 0 Å². The van der Waals surface area contributed by atoms with E-state index in [1.54, 1.807) is 0 Å². The topological polar surface area (TPSA) is 12.9 Å². The quantitative estimate of drug-likeness (QED) is 0.551. The maximum absolute atomic E-state index is 4.96. The lowest BCUT2D eigenvalue weighted by molar-refractivity contribution is 0.729. The third-order valence-corrected chi connectivity index (χ3v) is 5.06. The molecule has 0 aliphatic heterocycles. The van der Waals surface area contributed by atoms with Crippen molar-refractivity contribution in [3.63, 3.8) is 0 Å². The molecule has 3 aromatic rings. The second-order valence-electron chi connectivity index (χ2n) is 6.97. The Labute approximate surface area is 138 Å². The van der Waals surface area contributed by atoms with Crippen molar-refractivity contribution in [3.05, 3.63) is 65.2 Å². The molecule has 1 aromatic heterocycles. The molecule has 0 N–H and O–H groups in total. The molecule has 1 aliphatic rings. The summed E-state index contributed by atoms with van der Waals surface area (Å²) in [6.07, 6.45) is 5.36. The van der Waals surface area contributed by atoms with Gasteiger partial charge < -0.3 is 0 Å². The molecule has 1 fully saturated rings. The van der Waals surface area contributed by atoms with Crippen LogP contribution in [0.4, 0.5) is 0 Å². The van der Waals surface area contributed by atoms with E-state index in [0.29, 0.717) is 5.92 Å². The van der Waals surface area contributed by atoms with Crippen molar-refractivity contribution in [2.45, 2.75) is 45.4 Å². The first-order chi connectivity index (χ1) is 11.2. The van der Waals surface area contributed by atoms with Crippen molar-refractivity contribution in [1.29, 1.82) is 0 Å². The van der Waals surface area contributed by atoms with Crippen LogP contribution in [0, 0.1) is 13.8 Å². The zero-order valence-corrected chi connectivity index (χ0v) is 14.0. The predicted molar refractivity (Wildman–Crippen MR) is 97.9 cm³/mol. The van der Waals surface area contributed by atoms with Crippen LogP contribution < -0.4 is 0 Å². The minimum absolute atomic E-state index is 0.701. The standard InChI is InChI=1S/C22H23N/c1-15-11-16(2)13-18(12-15)22-14-20(17-7-3-4-8-17)19-9-5-6-10-21(19)23-22/h5-6,9-14,17H,3-4,7-8H2,1-2H3. The lowest BCUT2D eigenvalue weighted by Crippen LogP contribution is -1.97. The van der Waals surface area contributed by atoms with E-state index in [-0.39, 0.29) is 0 Å². The van der Waals surface area contributed by atoms with Crippen LogP contribution in [-0.2, 0) is 0 Å². The summed E-state index contributed by atoms with van der Waals surface area (Å²) >= 11 is 0. The predicted octanol–water partition coefficient (Wildman–Crippen LogP) is 6.18. The second-order valence-corrected chi connectivity index (χ2v) is 6.97. The molecule has 116 valence electrons. The molecule has 0 saturated heterocycles. The highest BCUT2D eigenvalue weighted by atomic mass is 14.7. The van der Waals surface area contributed by atoms with E-state index >= 15 is 0 Å². The first-order valence-electron chi connectivity index (χ1n) is 8.69. The number of fused-ring (bicyclic) bond motifs is 1. The lowest BCUT2D eigenvalue weighted by atomic mass is 9.92. The maximum atomic E-state index is 4.96. The molecule has 0 unspecified atom stereocenters. The van der Waals surface area contributed by atoms with Gasteiger partial charge in [-0.15, -0.1) is 0 Å². The van der Waals surface area contributed by atoms with Gasteiger partial charge in [-0.2, -0.15) is 0 Å². The number of hydrogen-bond acceptors (Lipinski definition) is 1. The largest absolute Gasteiger partial charge is 0.248 e. The fraction of sp³-hybridized carbons (Fsp3) is 0.318. The molecule has 4 rings (SSSR count). The SMILES string of the molecule is Cc1cc(C)cc(-c2cc(C3CCCC3)c3ccccc3n2)c1. The Balaban J connectivity index is 1.93. The second kappa shape index (κ2) is 5.81. The Bertz CT molecular complexity index is 837. The maximum Gasteiger partial charge on any atom is 0.0712 e. The monoisotopic (exact) mass is 301 g/mol. The zero-order chi connectivity index (χ0) is 15.8. The number of para-hydroxylation sites is 1. The summed E-state index contributed by atoms with van der Waals surface area (Å²) in [6, 6.07) is 17.7. The summed E-state index contributed by atoms with van der Waals surface area (Å²) in [5, 5.41) is 1.34. The van der Waals surface area contributed by atoms with Crippen LogP contribution in [0.5, 0.6) is 0 Å². The van der Waals surface area contributed by atoms with Crippen LogP contribution in [-0.4, -0.2) is 4.98 Å². The third-order valence-electron chi connectivity index (χ3n) is 5.06. The number of aromatic nitrogens is 1. The Morgan fingerprint density at radius 2 is 1.57 bits per heavy atom. The Hall–Kier alpha value is -2.15. The van der Waals surface area contributed by atoms with Crippen LogP contribution in [0.2, 0.25) is 0 Å². The lowest BCUT2D eigenvalue weighted by Gasteiger charge is -2.15. The van der Waals surface area contributed by atoms with Crippen molar-refractivity contribution in [1.82, 2.24) is 4.98 Å². The first-order valence-corrected chi connectivity index (χ1v) is 8.69. The van der Waals surface area contributed by atoms with Gasteiger partial charge in [0.1, 0.15) is 0 Å². The van der Waals surface area contributed by atoms with Crippen LogP contribution >= 0.6 is 0 Å². The number of pyridine rings is 1. The Morgan fingerprint density at radius 1 is 0.870 bits per heavy atom. The number of rotatable bonds is 2. The van der Waals surface area contributed by atoms with Gasteiger partial charge in [-0.3, -0.25) is 0 Å². The van der Waals surface area contributed by atoms with Gasteiger partial charge in [-0.1, -0.05) is 48.2 Å². The summed E-state index contributed by atoms with van der Waals surface area (Å²) in [5.41, 5.74) is 7.60. The summed E-state index contributed by atoms with van der Waals surface area (Å²) in [6.45, 7) is 4.32. The van der Waals surface area contributed by atoms with E-state index in [9.17, 15) is 0 Å². The molecular weight excluding hydrogens is 278 g/mol.